The molecule has 1 heterocycles. The van der Waals surface area contributed by atoms with Gasteiger partial charge in [-0.1, -0.05) is 6.07 Å². The van der Waals surface area contributed by atoms with E-state index in [1.54, 1.807) is 12.1 Å². The molecule has 14 heavy (non-hydrogen) atoms. The predicted molar refractivity (Wildman–Crippen MR) is 50.6 cm³/mol. The molecule has 0 atom stereocenters. The Balaban J connectivity index is 2.90. The van der Waals surface area contributed by atoms with Gasteiger partial charge < -0.3 is 9.84 Å². The second kappa shape index (κ2) is 3.02. The normalized spacial score (nSPS) is 10.4. The molecule has 1 aromatic carbocycles. The van der Waals surface area contributed by atoms with Crippen molar-refractivity contribution in [2.24, 2.45) is 0 Å². The first-order valence-electron chi connectivity index (χ1n) is 3.98. The number of nitrogens with zero attached hydrogens (tertiary/aromatic N) is 1. The van der Waals surface area contributed by atoms with Crippen molar-refractivity contribution in [2.45, 2.75) is 0 Å². The number of aromatic amines is 1. The maximum Gasteiger partial charge on any atom is 0.296 e. The summed E-state index contributed by atoms with van der Waals surface area (Å²) in [7, 11) is 1.41. The molecule has 1 aromatic heterocycles. The van der Waals surface area contributed by atoms with Gasteiger partial charge in [-0.05, 0) is 12.1 Å². The number of benzene rings is 1. The molecule has 0 fully saturated rings. The molecule has 0 aliphatic heterocycles. The van der Waals surface area contributed by atoms with Crippen LogP contribution in [0.1, 0.15) is 0 Å². The second-order valence-electron chi connectivity index (χ2n) is 2.75. The van der Waals surface area contributed by atoms with E-state index in [0.717, 1.165) is 0 Å². The molecule has 0 aliphatic carbocycles. The zero-order valence-electron chi connectivity index (χ0n) is 7.44. The Kier molecular flexibility index (Phi) is 1.85. The molecule has 72 valence electrons. The van der Waals surface area contributed by atoms with Crippen LogP contribution in [0.2, 0.25) is 0 Å². The van der Waals surface area contributed by atoms with Gasteiger partial charge in [-0.25, -0.2) is 0 Å². The molecule has 5 nitrogen and oxygen atoms in total. The second-order valence-corrected chi connectivity index (χ2v) is 2.75. The van der Waals surface area contributed by atoms with Crippen LogP contribution < -0.4 is 10.3 Å². The fraction of sp³-hybridized carbons (Fsp3) is 0.111. The highest BCUT2D eigenvalue weighted by atomic mass is 16.5. The fourth-order valence-electron chi connectivity index (χ4n) is 1.25. The lowest BCUT2D eigenvalue weighted by molar-refractivity contribution is 0.380. The average Bonchev–Trinajstić information content (AvgIpc) is 2.17. The lowest BCUT2D eigenvalue weighted by atomic mass is 10.2. The minimum absolute atomic E-state index is 0.0843. The molecular formula is C9H8N2O3. The molecule has 2 N–H and O–H groups in total. The molecule has 0 saturated carbocycles. The van der Waals surface area contributed by atoms with Crippen LogP contribution in [0.25, 0.3) is 10.9 Å². The SMILES string of the molecule is COc1nc2cccc(O)c2c(=O)[nH]1. The van der Waals surface area contributed by atoms with E-state index >= 15 is 0 Å². The van der Waals surface area contributed by atoms with Crippen molar-refractivity contribution >= 4 is 10.9 Å². The van der Waals surface area contributed by atoms with E-state index in [2.05, 4.69) is 9.97 Å². The Morgan fingerprint density at radius 2 is 2.29 bits per heavy atom. The number of nitrogens with one attached hydrogen (secondary N) is 1. The monoisotopic (exact) mass is 192 g/mol. The molecule has 2 aromatic rings. The van der Waals surface area contributed by atoms with Gasteiger partial charge in [0.1, 0.15) is 11.1 Å². The van der Waals surface area contributed by atoms with E-state index in [1.165, 1.54) is 13.2 Å². The van der Waals surface area contributed by atoms with Crippen LogP contribution >= 0.6 is 0 Å². The number of rotatable bonds is 1. The Morgan fingerprint density at radius 3 is 3.00 bits per heavy atom. The van der Waals surface area contributed by atoms with E-state index in [-0.39, 0.29) is 17.1 Å². The molecule has 5 heteroatoms. The molecule has 0 spiro atoms. The summed E-state index contributed by atoms with van der Waals surface area (Å²) < 4.78 is 4.79. The van der Waals surface area contributed by atoms with Crippen LogP contribution in [-0.2, 0) is 0 Å². The molecule has 0 saturated heterocycles. The average molecular weight is 192 g/mol. The van der Waals surface area contributed by atoms with Crippen molar-refractivity contribution in [1.82, 2.24) is 9.97 Å². The highest BCUT2D eigenvalue weighted by molar-refractivity contribution is 5.83. The Labute approximate surface area is 79.0 Å². The van der Waals surface area contributed by atoms with Crippen LogP contribution in [-0.4, -0.2) is 22.2 Å². The van der Waals surface area contributed by atoms with E-state index in [0.29, 0.717) is 5.52 Å². The Hall–Kier alpha value is -2.04. The number of hydrogen-bond donors (Lipinski definition) is 2. The summed E-state index contributed by atoms with van der Waals surface area (Å²) in [6, 6.07) is 4.82. The zero-order valence-corrected chi connectivity index (χ0v) is 7.44. The van der Waals surface area contributed by atoms with Gasteiger partial charge >= 0.3 is 0 Å². The summed E-state index contributed by atoms with van der Waals surface area (Å²) in [6.45, 7) is 0. The third kappa shape index (κ3) is 1.19. The molecular weight excluding hydrogens is 184 g/mol. The number of methoxy groups -OCH3 is 1. The van der Waals surface area contributed by atoms with Crippen molar-refractivity contribution in [3.63, 3.8) is 0 Å². The van der Waals surface area contributed by atoms with E-state index in [1.807, 2.05) is 0 Å². The highest BCUT2D eigenvalue weighted by Crippen LogP contribution is 2.19. The summed E-state index contributed by atoms with van der Waals surface area (Å²) in [5, 5.41) is 9.59. The maximum atomic E-state index is 11.4. The summed E-state index contributed by atoms with van der Waals surface area (Å²) in [6.07, 6.45) is 0. The number of hydrogen-bond acceptors (Lipinski definition) is 4. The molecule has 0 bridgehead atoms. The van der Waals surface area contributed by atoms with Gasteiger partial charge in [0.15, 0.2) is 0 Å². The third-order valence-electron chi connectivity index (χ3n) is 1.88. The smallest absolute Gasteiger partial charge is 0.296 e. The number of H-pyrrole nitrogens is 1. The largest absolute Gasteiger partial charge is 0.507 e. The number of aromatic nitrogens is 2. The standard InChI is InChI=1S/C9H8N2O3/c1-14-9-10-5-3-2-4-6(12)7(5)8(13)11-9/h2-4,12H,1H3,(H,10,11,13). The molecule has 0 aliphatic rings. The number of fused-ring (bicyclic) bond motifs is 1. The molecule has 0 amide bonds. The lowest BCUT2D eigenvalue weighted by Gasteiger charge is -2.01. The van der Waals surface area contributed by atoms with Gasteiger partial charge in [0.25, 0.3) is 11.6 Å². The van der Waals surface area contributed by atoms with Gasteiger partial charge in [-0.3, -0.25) is 9.78 Å². The van der Waals surface area contributed by atoms with E-state index in [4.69, 9.17) is 4.74 Å². The minimum atomic E-state index is -0.412. The number of phenolic OH excluding ortho intramolecular Hbond substituents is 1. The van der Waals surface area contributed by atoms with Gasteiger partial charge in [0, 0.05) is 0 Å². The highest BCUT2D eigenvalue weighted by Gasteiger charge is 2.06. The maximum absolute atomic E-state index is 11.4. The summed E-state index contributed by atoms with van der Waals surface area (Å²) in [5.74, 6) is -0.0843. The van der Waals surface area contributed by atoms with Gasteiger partial charge in [0.2, 0.25) is 0 Å². The van der Waals surface area contributed by atoms with Crippen molar-refractivity contribution in [2.75, 3.05) is 7.11 Å². The number of ether oxygens (including phenoxy) is 1. The van der Waals surface area contributed by atoms with Crippen molar-refractivity contribution in [3.05, 3.63) is 28.6 Å². The van der Waals surface area contributed by atoms with E-state index in [9.17, 15) is 9.90 Å². The minimum Gasteiger partial charge on any atom is -0.507 e. The van der Waals surface area contributed by atoms with Crippen LogP contribution in [0.15, 0.2) is 23.0 Å². The van der Waals surface area contributed by atoms with Crippen LogP contribution in [0.5, 0.6) is 11.8 Å². The molecule has 0 unspecified atom stereocenters. The fourth-order valence-corrected chi connectivity index (χ4v) is 1.25. The summed E-state index contributed by atoms with van der Waals surface area (Å²) >= 11 is 0. The number of phenols is 1. The van der Waals surface area contributed by atoms with Crippen LogP contribution in [0.3, 0.4) is 0 Å². The first-order valence-corrected chi connectivity index (χ1v) is 3.98. The zero-order chi connectivity index (χ0) is 10.1. The Bertz CT molecular complexity index is 533. The summed E-state index contributed by atoms with van der Waals surface area (Å²) in [5.41, 5.74) is -0.00412. The molecule has 0 radical (unpaired) electrons. The quantitative estimate of drug-likeness (QED) is 0.695. The van der Waals surface area contributed by atoms with Crippen molar-refractivity contribution in [1.29, 1.82) is 0 Å². The third-order valence-corrected chi connectivity index (χ3v) is 1.88. The number of aromatic hydroxyl groups is 1. The van der Waals surface area contributed by atoms with Gasteiger partial charge in [-0.15, -0.1) is 0 Å². The predicted octanol–water partition coefficient (Wildman–Crippen LogP) is 0.637. The first-order chi connectivity index (χ1) is 6.72. The Morgan fingerprint density at radius 1 is 1.50 bits per heavy atom. The first kappa shape index (κ1) is 8.55. The van der Waals surface area contributed by atoms with Crippen LogP contribution in [0.4, 0.5) is 0 Å². The summed E-state index contributed by atoms with van der Waals surface area (Å²) in [4.78, 5) is 17.8. The lowest BCUT2D eigenvalue weighted by Crippen LogP contribution is -2.09. The van der Waals surface area contributed by atoms with Gasteiger partial charge in [-0.2, -0.15) is 4.98 Å². The van der Waals surface area contributed by atoms with Crippen LogP contribution in [0, 0.1) is 0 Å². The van der Waals surface area contributed by atoms with Gasteiger partial charge in [0.05, 0.1) is 12.6 Å². The van der Waals surface area contributed by atoms with E-state index < -0.39 is 5.56 Å². The van der Waals surface area contributed by atoms with Crippen molar-refractivity contribution in [3.8, 4) is 11.8 Å². The topological polar surface area (TPSA) is 75.2 Å². The van der Waals surface area contributed by atoms with Crippen molar-refractivity contribution < 1.29 is 9.84 Å². The molecule has 2 rings (SSSR count).